The SMILES string of the molecule is CN1C(=O)C2C(=NC(=[N+]3CCN(c4cccc(Cl)c4)CC3)N2CCCc2ccccc2)N(C)C1=O. The first-order valence-electron chi connectivity index (χ1n) is 12.0. The Labute approximate surface area is 210 Å². The first kappa shape index (κ1) is 23.4. The molecule has 182 valence electrons. The van der Waals surface area contributed by atoms with Gasteiger partial charge in [0.15, 0.2) is 0 Å². The van der Waals surface area contributed by atoms with Crippen LogP contribution < -0.4 is 4.90 Å². The summed E-state index contributed by atoms with van der Waals surface area (Å²) in [5.41, 5.74) is 2.37. The van der Waals surface area contributed by atoms with Gasteiger partial charge in [0.05, 0.1) is 19.6 Å². The summed E-state index contributed by atoms with van der Waals surface area (Å²) in [5.74, 6) is 1.08. The van der Waals surface area contributed by atoms with E-state index in [1.165, 1.54) is 15.4 Å². The summed E-state index contributed by atoms with van der Waals surface area (Å²) in [6.07, 6.45) is 1.79. The van der Waals surface area contributed by atoms with Crippen LogP contribution in [0.15, 0.2) is 59.6 Å². The number of halogens is 1. The van der Waals surface area contributed by atoms with Gasteiger partial charge in [0.1, 0.15) is 0 Å². The molecule has 9 heteroatoms. The number of amidine groups is 1. The number of aliphatic imine (C=N–C) groups is 1. The summed E-state index contributed by atoms with van der Waals surface area (Å²) in [6.45, 7) is 3.85. The van der Waals surface area contributed by atoms with Crippen LogP contribution in [0.5, 0.6) is 0 Å². The molecule has 0 radical (unpaired) electrons. The van der Waals surface area contributed by atoms with E-state index in [1.54, 1.807) is 14.1 Å². The molecule has 1 atom stereocenters. The van der Waals surface area contributed by atoms with Gasteiger partial charge in [-0.05, 0) is 36.6 Å². The molecule has 2 aromatic rings. The molecule has 2 saturated heterocycles. The molecule has 35 heavy (non-hydrogen) atoms. The van der Waals surface area contributed by atoms with Crippen LogP contribution in [0.1, 0.15) is 12.0 Å². The molecule has 1 unspecified atom stereocenters. The third-order valence-corrected chi connectivity index (χ3v) is 7.19. The summed E-state index contributed by atoms with van der Waals surface area (Å²) in [5, 5.41) is 0.727. The van der Waals surface area contributed by atoms with Gasteiger partial charge in [-0.3, -0.25) is 19.2 Å². The number of imide groups is 1. The number of benzene rings is 2. The van der Waals surface area contributed by atoms with E-state index in [9.17, 15) is 9.59 Å². The number of carbonyl (C=O) groups excluding carboxylic acids is 2. The minimum atomic E-state index is -0.570. The van der Waals surface area contributed by atoms with Gasteiger partial charge in [-0.25, -0.2) is 9.69 Å². The van der Waals surface area contributed by atoms with E-state index in [1.807, 2.05) is 36.4 Å². The number of hydrogen-bond donors (Lipinski definition) is 0. The molecule has 5 rings (SSSR count). The Balaban J connectivity index is 1.39. The Kier molecular flexibility index (Phi) is 6.47. The smallest absolute Gasteiger partial charge is 0.365 e. The second-order valence-electron chi connectivity index (χ2n) is 9.15. The maximum atomic E-state index is 13.2. The standard InChI is InChI=1S/C26H30ClN6O2/c1-29-23-22(24(34)30(2)26(29)35)33(13-7-10-19-8-4-3-5-9-19)25(28-23)32-16-14-31(15-17-32)21-12-6-11-20(27)18-21/h3-6,8-9,11-12,18,22H,7,10,13-17H2,1-2H3/q+1. The zero-order valence-corrected chi connectivity index (χ0v) is 20.9. The summed E-state index contributed by atoms with van der Waals surface area (Å²) in [4.78, 5) is 37.8. The number of nitrogens with zero attached hydrogens (tertiary/aromatic N) is 6. The van der Waals surface area contributed by atoms with E-state index in [2.05, 4.69) is 32.6 Å². The molecular formula is C26H30ClN6O2+. The predicted octanol–water partition coefficient (Wildman–Crippen LogP) is 2.77. The topological polar surface area (TPSA) is 62.5 Å². The first-order valence-corrected chi connectivity index (χ1v) is 12.4. The Hall–Kier alpha value is -3.39. The van der Waals surface area contributed by atoms with E-state index in [0.717, 1.165) is 55.7 Å². The largest absolute Gasteiger partial charge is 0.392 e. The van der Waals surface area contributed by atoms with Gasteiger partial charge in [-0.15, -0.1) is 0 Å². The van der Waals surface area contributed by atoms with Gasteiger partial charge in [-0.2, -0.15) is 0 Å². The molecule has 0 bridgehead atoms. The number of amides is 3. The number of anilines is 1. The maximum Gasteiger partial charge on any atom is 0.392 e. The summed E-state index contributed by atoms with van der Waals surface area (Å²) in [6, 6.07) is 17.3. The van der Waals surface area contributed by atoms with Gasteiger partial charge in [0.25, 0.3) is 5.91 Å². The van der Waals surface area contributed by atoms with Crippen molar-refractivity contribution in [3.05, 3.63) is 65.2 Å². The number of piperazine rings is 1. The molecule has 8 nitrogen and oxygen atoms in total. The lowest BCUT2D eigenvalue weighted by Crippen LogP contribution is -2.63. The fourth-order valence-electron chi connectivity index (χ4n) is 5.00. The highest BCUT2D eigenvalue weighted by atomic mass is 35.5. The van der Waals surface area contributed by atoms with Crippen molar-refractivity contribution < 1.29 is 14.2 Å². The lowest BCUT2D eigenvalue weighted by Gasteiger charge is -2.34. The van der Waals surface area contributed by atoms with Gasteiger partial charge in [-0.1, -0.05) is 53.0 Å². The van der Waals surface area contributed by atoms with Crippen molar-refractivity contribution in [2.45, 2.75) is 18.9 Å². The number of likely N-dealkylation sites (N-methyl/N-ethyl adjacent to an activating group) is 2. The number of urea groups is 1. The number of guanidine groups is 1. The van der Waals surface area contributed by atoms with Crippen LogP contribution in [0.4, 0.5) is 10.5 Å². The van der Waals surface area contributed by atoms with Gasteiger partial charge in [0, 0.05) is 37.9 Å². The van der Waals surface area contributed by atoms with Crippen molar-refractivity contribution in [2.24, 2.45) is 4.99 Å². The van der Waals surface area contributed by atoms with E-state index >= 15 is 0 Å². The monoisotopic (exact) mass is 493 g/mol. The number of hydrogen-bond acceptors (Lipinski definition) is 3. The van der Waals surface area contributed by atoms with Crippen LogP contribution in [0.2, 0.25) is 5.02 Å². The zero-order chi connectivity index (χ0) is 24.5. The van der Waals surface area contributed by atoms with Crippen LogP contribution in [0.25, 0.3) is 0 Å². The lowest BCUT2D eigenvalue weighted by molar-refractivity contribution is -0.534. The number of fused-ring (bicyclic) bond motifs is 1. The minimum absolute atomic E-state index is 0.223. The number of aryl methyl sites for hydroxylation is 1. The van der Waals surface area contributed by atoms with E-state index in [0.29, 0.717) is 12.4 Å². The molecule has 0 saturated carbocycles. The average molecular weight is 494 g/mol. The molecule has 3 aliphatic rings. The predicted molar refractivity (Wildman–Crippen MR) is 137 cm³/mol. The quantitative estimate of drug-likeness (QED) is 0.601. The van der Waals surface area contributed by atoms with E-state index < -0.39 is 6.04 Å². The molecule has 3 amide bonds. The third-order valence-electron chi connectivity index (χ3n) is 6.95. The molecule has 2 aromatic carbocycles. The van der Waals surface area contributed by atoms with Crippen molar-refractivity contribution in [3.63, 3.8) is 0 Å². The Bertz CT molecular complexity index is 1190. The van der Waals surface area contributed by atoms with Crippen molar-refractivity contribution in [2.75, 3.05) is 51.7 Å². The Morgan fingerprint density at radius 1 is 1.00 bits per heavy atom. The van der Waals surface area contributed by atoms with Crippen molar-refractivity contribution in [1.29, 1.82) is 0 Å². The fraction of sp³-hybridized carbons (Fsp3) is 0.385. The second kappa shape index (κ2) is 9.70. The van der Waals surface area contributed by atoms with Crippen LogP contribution in [-0.4, -0.2) is 95.9 Å². The van der Waals surface area contributed by atoms with Gasteiger partial charge in [0.2, 0.25) is 11.9 Å². The highest BCUT2D eigenvalue weighted by Gasteiger charge is 2.55. The maximum absolute atomic E-state index is 13.2. The highest BCUT2D eigenvalue weighted by Crippen LogP contribution is 2.25. The molecule has 0 spiro atoms. The normalized spacial score (nSPS) is 20.5. The summed E-state index contributed by atoms with van der Waals surface area (Å²) in [7, 11) is 3.24. The molecular weight excluding hydrogens is 464 g/mol. The lowest BCUT2D eigenvalue weighted by atomic mass is 10.1. The highest BCUT2D eigenvalue weighted by molar-refractivity contribution is 6.30. The number of rotatable bonds is 5. The van der Waals surface area contributed by atoms with E-state index in [4.69, 9.17) is 16.6 Å². The van der Waals surface area contributed by atoms with Gasteiger partial charge < -0.3 is 4.90 Å². The third kappa shape index (κ3) is 4.50. The van der Waals surface area contributed by atoms with Crippen LogP contribution in [0.3, 0.4) is 0 Å². The molecule has 0 N–H and O–H groups in total. The number of carbonyl (C=O) groups is 2. The van der Waals surface area contributed by atoms with E-state index in [-0.39, 0.29) is 11.9 Å². The Morgan fingerprint density at radius 2 is 1.74 bits per heavy atom. The Morgan fingerprint density at radius 3 is 2.46 bits per heavy atom. The van der Waals surface area contributed by atoms with Crippen molar-refractivity contribution in [3.8, 4) is 0 Å². The summed E-state index contributed by atoms with van der Waals surface area (Å²) < 4.78 is 2.24. The van der Waals surface area contributed by atoms with Crippen LogP contribution in [0, 0.1) is 0 Å². The second-order valence-corrected chi connectivity index (χ2v) is 9.58. The molecule has 0 aliphatic carbocycles. The van der Waals surface area contributed by atoms with Crippen molar-refractivity contribution >= 4 is 41.0 Å². The average Bonchev–Trinajstić information content (AvgIpc) is 3.26. The van der Waals surface area contributed by atoms with Crippen molar-refractivity contribution in [1.82, 2.24) is 14.7 Å². The first-order chi connectivity index (χ1) is 16.9. The summed E-state index contributed by atoms with van der Waals surface area (Å²) >= 11 is 6.20. The van der Waals surface area contributed by atoms with Crippen LogP contribution in [-0.2, 0) is 11.2 Å². The molecule has 3 heterocycles. The minimum Gasteiger partial charge on any atom is -0.365 e. The molecule has 3 aliphatic heterocycles. The van der Waals surface area contributed by atoms with Crippen LogP contribution >= 0.6 is 11.6 Å². The zero-order valence-electron chi connectivity index (χ0n) is 20.1. The molecule has 2 fully saturated rings. The van der Waals surface area contributed by atoms with Gasteiger partial charge >= 0.3 is 12.0 Å². The molecule has 0 aromatic heterocycles. The fourth-order valence-corrected chi connectivity index (χ4v) is 5.19.